The number of carboxylic acids is 1. The highest BCUT2D eigenvalue weighted by atomic mass is 16.4. The van der Waals surface area contributed by atoms with Gasteiger partial charge in [0.1, 0.15) is 0 Å². The van der Waals surface area contributed by atoms with E-state index in [1.807, 2.05) is 11.8 Å². The molecule has 1 aromatic rings. The average Bonchev–Trinajstić information content (AvgIpc) is 3.07. The molecule has 0 bridgehead atoms. The summed E-state index contributed by atoms with van der Waals surface area (Å²) < 4.78 is 1.40. The summed E-state index contributed by atoms with van der Waals surface area (Å²) in [6.07, 6.45) is 3.49. The number of hydrogen-bond acceptors (Lipinski definition) is 4. The van der Waals surface area contributed by atoms with E-state index in [0.29, 0.717) is 25.7 Å². The number of aromatic carboxylic acids is 1. The van der Waals surface area contributed by atoms with Crippen LogP contribution in [0.4, 0.5) is 4.79 Å². The van der Waals surface area contributed by atoms with Crippen molar-refractivity contribution in [3.8, 4) is 0 Å². The SMILES string of the molecule is CCN(C(=O)NCCn1cc(C(=O)O)nn1)C1CC1. The number of nitrogens with one attached hydrogen (secondary N) is 1. The number of carbonyl (C=O) groups is 2. The predicted molar refractivity (Wildman–Crippen MR) is 65.8 cm³/mol. The van der Waals surface area contributed by atoms with Crippen LogP contribution in [0.5, 0.6) is 0 Å². The Hall–Kier alpha value is -2.12. The second-order valence-electron chi connectivity index (χ2n) is 4.42. The van der Waals surface area contributed by atoms with E-state index in [1.54, 1.807) is 0 Å². The van der Waals surface area contributed by atoms with Gasteiger partial charge in [0.2, 0.25) is 0 Å². The van der Waals surface area contributed by atoms with Crippen molar-refractivity contribution in [1.82, 2.24) is 25.2 Å². The Balaban J connectivity index is 1.76. The van der Waals surface area contributed by atoms with Crippen LogP contribution in [0.3, 0.4) is 0 Å². The van der Waals surface area contributed by atoms with Gasteiger partial charge in [-0.1, -0.05) is 5.21 Å². The molecule has 1 aromatic heterocycles. The van der Waals surface area contributed by atoms with E-state index < -0.39 is 5.97 Å². The maximum atomic E-state index is 11.8. The average molecular weight is 267 g/mol. The molecule has 1 saturated carbocycles. The van der Waals surface area contributed by atoms with Gasteiger partial charge in [-0.25, -0.2) is 14.3 Å². The first-order valence-corrected chi connectivity index (χ1v) is 6.29. The Morgan fingerprint density at radius 3 is 2.84 bits per heavy atom. The molecule has 0 aromatic carbocycles. The quantitative estimate of drug-likeness (QED) is 0.765. The molecule has 2 amide bonds. The maximum Gasteiger partial charge on any atom is 0.358 e. The number of carbonyl (C=O) groups excluding carboxylic acids is 1. The van der Waals surface area contributed by atoms with Gasteiger partial charge in [-0.15, -0.1) is 5.10 Å². The summed E-state index contributed by atoms with van der Waals surface area (Å²) in [5, 5.41) is 18.6. The van der Waals surface area contributed by atoms with Gasteiger partial charge in [-0.3, -0.25) is 0 Å². The molecule has 0 saturated heterocycles. The number of rotatable bonds is 6. The fourth-order valence-corrected chi connectivity index (χ4v) is 1.84. The molecule has 0 atom stereocenters. The topological polar surface area (TPSA) is 100 Å². The molecule has 2 rings (SSSR count). The van der Waals surface area contributed by atoms with Crippen molar-refractivity contribution < 1.29 is 14.7 Å². The molecule has 0 aliphatic heterocycles. The monoisotopic (exact) mass is 267 g/mol. The van der Waals surface area contributed by atoms with Gasteiger partial charge in [0.05, 0.1) is 12.7 Å². The lowest BCUT2D eigenvalue weighted by atomic mass is 10.5. The van der Waals surface area contributed by atoms with Crippen LogP contribution >= 0.6 is 0 Å². The third-order valence-electron chi connectivity index (χ3n) is 2.96. The number of amides is 2. The summed E-state index contributed by atoms with van der Waals surface area (Å²) in [5.41, 5.74) is -0.0977. The summed E-state index contributed by atoms with van der Waals surface area (Å²) in [4.78, 5) is 24.3. The van der Waals surface area contributed by atoms with Crippen LogP contribution in [-0.4, -0.2) is 56.1 Å². The normalized spacial score (nSPS) is 14.2. The molecule has 19 heavy (non-hydrogen) atoms. The van der Waals surface area contributed by atoms with Crippen LogP contribution < -0.4 is 5.32 Å². The van der Waals surface area contributed by atoms with Gasteiger partial charge in [-0.05, 0) is 19.8 Å². The summed E-state index contributed by atoms with van der Waals surface area (Å²) in [6.45, 7) is 3.44. The van der Waals surface area contributed by atoms with Crippen LogP contribution in [0.2, 0.25) is 0 Å². The van der Waals surface area contributed by atoms with E-state index in [4.69, 9.17) is 5.11 Å². The van der Waals surface area contributed by atoms with Crippen molar-refractivity contribution in [2.24, 2.45) is 0 Å². The lowest BCUT2D eigenvalue weighted by Crippen LogP contribution is -2.42. The second kappa shape index (κ2) is 5.68. The first kappa shape index (κ1) is 13.3. The first-order chi connectivity index (χ1) is 9.11. The molecule has 1 aliphatic rings. The summed E-state index contributed by atoms with van der Waals surface area (Å²) in [7, 11) is 0. The van der Waals surface area contributed by atoms with Crippen LogP contribution in [0.25, 0.3) is 0 Å². The van der Waals surface area contributed by atoms with Gasteiger partial charge in [-0.2, -0.15) is 0 Å². The summed E-state index contributed by atoms with van der Waals surface area (Å²) >= 11 is 0. The number of aromatic nitrogens is 3. The zero-order valence-corrected chi connectivity index (χ0v) is 10.7. The molecule has 1 fully saturated rings. The molecule has 0 radical (unpaired) electrons. The van der Waals surface area contributed by atoms with E-state index in [2.05, 4.69) is 15.6 Å². The first-order valence-electron chi connectivity index (χ1n) is 6.29. The smallest absolute Gasteiger partial charge is 0.358 e. The van der Waals surface area contributed by atoms with E-state index in [1.165, 1.54) is 10.9 Å². The third-order valence-corrected chi connectivity index (χ3v) is 2.96. The third kappa shape index (κ3) is 3.43. The molecule has 8 heteroatoms. The number of carboxylic acid groups (broad SMARTS) is 1. The van der Waals surface area contributed by atoms with E-state index in [9.17, 15) is 9.59 Å². The number of nitrogens with zero attached hydrogens (tertiary/aromatic N) is 4. The van der Waals surface area contributed by atoms with Crippen molar-refractivity contribution in [3.63, 3.8) is 0 Å². The molecule has 0 unspecified atom stereocenters. The number of hydrogen-bond donors (Lipinski definition) is 2. The van der Waals surface area contributed by atoms with Gasteiger partial charge in [0, 0.05) is 19.1 Å². The van der Waals surface area contributed by atoms with Crippen LogP contribution in [0.15, 0.2) is 6.20 Å². The minimum Gasteiger partial charge on any atom is -0.476 e. The van der Waals surface area contributed by atoms with E-state index in [0.717, 1.165) is 12.8 Å². The highest BCUT2D eigenvalue weighted by Gasteiger charge is 2.31. The predicted octanol–water partition coefficient (Wildman–Crippen LogP) is 0.170. The van der Waals surface area contributed by atoms with Gasteiger partial charge in [0.25, 0.3) is 0 Å². The Morgan fingerprint density at radius 2 is 2.32 bits per heavy atom. The molecular weight excluding hydrogens is 250 g/mol. The van der Waals surface area contributed by atoms with Gasteiger partial charge < -0.3 is 15.3 Å². The van der Waals surface area contributed by atoms with Crippen LogP contribution in [0, 0.1) is 0 Å². The van der Waals surface area contributed by atoms with Crippen molar-refractivity contribution in [2.75, 3.05) is 13.1 Å². The van der Waals surface area contributed by atoms with E-state index in [-0.39, 0.29) is 11.7 Å². The van der Waals surface area contributed by atoms with Gasteiger partial charge >= 0.3 is 12.0 Å². The fraction of sp³-hybridized carbons (Fsp3) is 0.636. The molecule has 1 aliphatic carbocycles. The zero-order valence-electron chi connectivity index (χ0n) is 10.7. The largest absolute Gasteiger partial charge is 0.476 e. The van der Waals surface area contributed by atoms with Crippen LogP contribution in [-0.2, 0) is 6.54 Å². The van der Waals surface area contributed by atoms with Crippen molar-refractivity contribution in [1.29, 1.82) is 0 Å². The highest BCUT2D eigenvalue weighted by Crippen LogP contribution is 2.26. The zero-order chi connectivity index (χ0) is 13.8. The van der Waals surface area contributed by atoms with Crippen molar-refractivity contribution in [2.45, 2.75) is 32.4 Å². The molecule has 1 heterocycles. The Bertz CT molecular complexity index is 469. The van der Waals surface area contributed by atoms with Crippen molar-refractivity contribution >= 4 is 12.0 Å². The standard InChI is InChI=1S/C11H17N5O3/c1-2-16(8-3-4-8)11(19)12-5-6-15-7-9(10(17)18)13-14-15/h7-8H,2-6H2,1H3,(H,12,19)(H,17,18). The minimum absolute atomic E-state index is 0.0800. The molecule has 8 nitrogen and oxygen atoms in total. The van der Waals surface area contributed by atoms with Crippen LogP contribution in [0.1, 0.15) is 30.3 Å². The molecule has 2 N–H and O–H groups in total. The summed E-state index contributed by atoms with van der Waals surface area (Å²) in [6, 6.07) is 0.304. The Kier molecular flexibility index (Phi) is 3.98. The highest BCUT2D eigenvalue weighted by molar-refractivity contribution is 5.84. The maximum absolute atomic E-state index is 11.8. The van der Waals surface area contributed by atoms with Crippen molar-refractivity contribution in [3.05, 3.63) is 11.9 Å². The second-order valence-corrected chi connectivity index (χ2v) is 4.42. The summed E-state index contributed by atoms with van der Waals surface area (Å²) in [5.74, 6) is -1.11. The Morgan fingerprint density at radius 1 is 1.58 bits per heavy atom. The lowest BCUT2D eigenvalue weighted by molar-refractivity contribution is 0.0690. The minimum atomic E-state index is -1.11. The molecule has 104 valence electrons. The van der Waals surface area contributed by atoms with Gasteiger partial charge in [0.15, 0.2) is 5.69 Å². The Labute approximate surface area is 110 Å². The molecular formula is C11H17N5O3. The number of urea groups is 1. The fourth-order valence-electron chi connectivity index (χ4n) is 1.84. The molecule has 0 spiro atoms. The lowest BCUT2D eigenvalue weighted by Gasteiger charge is -2.20. The van der Waals surface area contributed by atoms with E-state index >= 15 is 0 Å².